The Morgan fingerprint density at radius 3 is 2.61 bits per heavy atom. The molecule has 170 valence electrons. The molecule has 1 aliphatic rings. The lowest BCUT2D eigenvalue weighted by Crippen LogP contribution is -2.37. The molecule has 1 N–H and O–H groups in total. The number of hydrogen-bond donors (Lipinski definition) is 1. The van der Waals surface area contributed by atoms with Gasteiger partial charge in [-0.3, -0.25) is 18.7 Å². The van der Waals surface area contributed by atoms with Crippen LogP contribution < -0.4 is 16.6 Å². The largest absolute Gasteiger partial charge is 0.332 e. The van der Waals surface area contributed by atoms with Crippen molar-refractivity contribution >= 4 is 22.8 Å². The summed E-state index contributed by atoms with van der Waals surface area (Å²) in [7, 11) is 2.94. The number of carbonyl (C=O) groups is 1. The lowest BCUT2D eigenvalue weighted by Gasteiger charge is -2.09. The van der Waals surface area contributed by atoms with Crippen molar-refractivity contribution in [1.29, 1.82) is 0 Å². The summed E-state index contributed by atoms with van der Waals surface area (Å²) < 4.78 is 5.92. The van der Waals surface area contributed by atoms with Crippen molar-refractivity contribution in [2.75, 3.05) is 5.32 Å². The van der Waals surface area contributed by atoms with Crippen LogP contribution in [0.15, 0.2) is 40.2 Å². The molecule has 4 heterocycles. The van der Waals surface area contributed by atoms with Gasteiger partial charge in [0.2, 0.25) is 5.91 Å². The minimum Gasteiger partial charge on any atom is -0.325 e. The smallest absolute Gasteiger partial charge is 0.325 e. The van der Waals surface area contributed by atoms with Crippen LogP contribution in [0.4, 0.5) is 5.69 Å². The Morgan fingerprint density at radius 2 is 1.82 bits per heavy atom. The molecule has 0 fully saturated rings. The minimum atomic E-state index is -0.491. The number of carbonyl (C=O) groups excluding carboxylic acids is 1. The normalized spacial score (nSPS) is 13.6. The Balaban J connectivity index is 1.34. The van der Waals surface area contributed by atoms with Crippen LogP contribution in [0.5, 0.6) is 0 Å². The summed E-state index contributed by atoms with van der Waals surface area (Å²) in [6.45, 7) is 0.809. The molecule has 11 nitrogen and oxygen atoms in total. The number of benzene rings is 1. The van der Waals surface area contributed by atoms with Gasteiger partial charge in [0, 0.05) is 38.3 Å². The second-order valence-corrected chi connectivity index (χ2v) is 8.28. The van der Waals surface area contributed by atoms with Gasteiger partial charge in [0.25, 0.3) is 5.56 Å². The first kappa shape index (κ1) is 20.9. The van der Waals surface area contributed by atoms with Crippen molar-refractivity contribution in [3.05, 3.63) is 57.3 Å². The molecule has 0 bridgehead atoms. The number of aryl methyl sites for hydroxylation is 2. The van der Waals surface area contributed by atoms with Crippen LogP contribution in [0.3, 0.4) is 0 Å². The molecule has 4 aromatic rings. The summed E-state index contributed by atoms with van der Waals surface area (Å²) in [5.41, 5.74) is 1.06. The molecule has 0 radical (unpaired) electrons. The number of nitrogens with one attached hydrogen (secondary N) is 1. The van der Waals surface area contributed by atoms with E-state index in [0.717, 1.165) is 47.6 Å². The predicted octanol–water partition coefficient (Wildman–Crippen LogP) is 1.06. The molecule has 1 amide bonds. The molecular formula is C22H24N8O3. The Morgan fingerprint density at radius 1 is 1.03 bits per heavy atom. The van der Waals surface area contributed by atoms with E-state index in [4.69, 9.17) is 0 Å². The third-order valence-corrected chi connectivity index (χ3v) is 6.07. The highest BCUT2D eigenvalue weighted by Gasteiger charge is 2.17. The fourth-order valence-corrected chi connectivity index (χ4v) is 4.27. The van der Waals surface area contributed by atoms with Gasteiger partial charge in [-0.2, -0.15) is 0 Å². The third-order valence-electron chi connectivity index (χ3n) is 6.07. The van der Waals surface area contributed by atoms with Gasteiger partial charge >= 0.3 is 5.69 Å². The summed E-state index contributed by atoms with van der Waals surface area (Å²) in [6.07, 6.45) is 5.79. The van der Waals surface area contributed by atoms with E-state index in [9.17, 15) is 14.4 Å². The highest BCUT2D eigenvalue weighted by atomic mass is 16.2. The molecule has 5 rings (SSSR count). The zero-order chi connectivity index (χ0) is 23.1. The second kappa shape index (κ2) is 8.15. The van der Waals surface area contributed by atoms with Crippen LogP contribution >= 0.6 is 0 Å². The van der Waals surface area contributed by atoms with Gasteiger partial charge in [-0.05, 0) is 37.1 Å². The van der Waals surface area contributed by atoms with E-state index in [1.54, 1.807) is 0 Å². The van der Waals surface area contributed by atoms with Crippen LogP contribution in [0.1, 0.15) is 25.1 Å². The highest BCUT2D eigenvalue weighted by Crippen LogP contribution is 2.24. The standard InChI is InChI=1S/C22H24N8O3/c1-27-20-18(21(32)28(2)22(27)33)29(13-23-20)12-17(31)24-15-9-7-14(8-10-15)19-26-25-16-6-4-3-5-11-30(16)19/h7-10,13H,3-6,11-12H2,1-2H3,(H,24,31). The van der Waals surface area contributed by atoms with Crippen molar-refractivity contribution < 1.29 is 4.79 Å². The first-order valence-electron chi connectivity index (χ1n) is 10.9. The molecule has 3 aromatic heterocycles. The van der Waals surface area contributed by atoms with E-state index < -0.39 is 11.2 Å². The van der Waals surface area contributed by atoms with Crippen LogP contribution in [0, 0.1) is 0 Å². The summed E-state index contributed by atoms with van der Waals surface area (Å²) in [6, 6.07) is 7.46. The zero-order valence-electron chi connectivity index (χ0n) is 18.5. The first-order valence-corrected chi connectivity index (χ1v) is 10.9. The zero-order valence-corrected chi connectivity index (χ0v) is 18.5. The maximum Gasteiger partial charge on any atom is 0.332 e. The van der Waals surface area contributed by atoms with Gasteiger partial charge in [-0.1, -0.05) is 6.42 Å². The second-order valence-electron chi connectivity index (χ2n) is 8.28. The van der Waals surface area contributed by atoms with Crippen molar-refractivity contribution in [1.82, 2.24) is 33.4 Å². The van der Waals surface area contributed by atoms with Gasteiger partial charge in [0.1, 0.15) is 12.4 Å². The molecule has 1 aromatic carbocycles. The Kier molecular flexibility index (Phi) is 5.15. The summed E-state index contributed by atoms with van der Waals surface area (Å²) in [5.74, 6) is 1.56. The van der Waals surface area contributed by atoms with E-state index in [1.807, 2.05) is 24.3 Å². The maximum atomic E-state index is 12.7. The number of nitrogens with zero attached hydrogens (tertiary/aromatic N) is 7. The van der Waals surface area contributed by atoms with Gasteiger partial charge in [-0.15, -0.1) is 10.2 Å². The molecule has 0 atom stereocenters. The van der Waals surface area contributed by atoms with E-state index in [-0.39, 0.29) is 23.6 Å². The highest BCUT2D eigenvalue weighted by molar-refractivity contribution is 5.91. The number of anilines is 1. The van der Waals surface area contributed by atoms with Gasteiger partial charge in [0.05, 0.1) is 6.33 Å². The Labute approximate surface area is 188 Å². The van der Waals surface area contributed by atoms with Crippen molar-refractivity contribution in [3.8, 4) is 11.4 Å². The molecular weight excluding hydrogens is 424 g/mol. The number of hydrogen-bond acceptors (Lipinski definition) is 6. The number of fused-ring (bicyclic) bond motifs is 2. The lowest BCUT2D eigenvalue weighted by molar-refractivity contribution is -0.116. The molecule has 0 spiro atoms. The van der Waals surface area contributed by atoms with Crippen molar-refractivity contribution in [3.63, 3.8) is 0 Å². The number of rotatable bonds is 4. The van der Waals surface area contributed by atoms with E-state index >= 15 is 0 Å². The molecule has 33 heavy (non-hydrogen) atoms. The average Bonchev–Trinajstić information content (AvgIpc) is 3.33. The van der Waals surface area contributed by atoms with Gasteiger partial charge in [0.15, 0.2) is 17.0 Å². The lowest BCUT2D eigenvalue weighted by atomic mass is 10.2. The molecule has 0 saturated carbocycles. The number of imidazole rings is 1. The fourth-order valence-electron chi connectivity index (χ4n) is 4.27. The number of aromatic nitrogens is 7. The molecule has 11 heteroatoms. The SMILES string of the molecule is Cn1c(=O)c2c(ncn2CC(=O)Nc2ccc(-c3nnc4n3CCCCC4)cc2)n(C)c1=O. The first-order chi connectivity index (χ1) is 15.9. The molecule has 0 aliphatic carbocycles. The minimum absolute atomic E-state index is 0.108. The molecule has 1 aliphatic heterocycles. The van der Waals surface area contributed by atoms with Crippen LogP contribution in [0.2, 0.25) is 0 Å². The molecule has 0 saturated heterocycles. The fraction of sp³-hybridized carbons (Fsp3) is 0.364. The van der Waals surface area contributed by atoms with Crippen LogP contribution in [-0.2, 0) is 38.4 Å². The van der Waals surface area contributed by atoms with E-state index in [2.05, 4.69) is 25.1 Å². The Bertz CT molecular complexity index is 1470. The monoisotopic (exact) mass is 448 g/mol. The third kappa shape index (κ3) is 3.65. The van der Waals surface area contributed by atoms with E-state index in [1.165, 1.54) is 36.0 Å². The average molecular weight is 448 g/mol. The quantitative estimate of drug-likeness (QED) is 0.498. The van der Waals surface area contributed by atoms with Crippen molar-refractivity contribution in [2.45, 2.75) is 38.8 Å². The van der Waals surface area contributed by atoms with Crippen LogP contribution in [0.25, 0.3) is 22.6 Å². The van der Waals surface area contributed by atoms with Gasteiger partial charge in [-0.25, -0.2) is 9.78 Å². The summed E-state index contributed by atoms with van der Waals surface area (Å²) in [5, 5.41) is 11.6. The predicted molar refractivity (Wildman–Crippen MR) is 122 cm³/mol. The summed E-state index contributed by atoms with van der Waals surface area (Å²) >= 11 is 0. The maximum absolute atomic E-state index is 12.7. The topological polar surface area (TPSA) is 122 Å². The molecule has 0 unspecified atom stereocenters. The van der Waals surface area contributed by atoms with Crippen LogP contribution in [-0.4, -0.2) is 39.4 Å². The van der Waals surface area contributed by atoms with E-state index in [0.29, 0.717) is 5.69 Å². The van der Waals surface area contributed by atoms with Gasteiger partial charge < -0.3 is 14.5 Å². The Hall–Kier alpha value is -4.02. The summed E-state index contributed by atoms with van der Waals surface area (Å²) in [4.78, 5) is 41.4. The van der Waals surface area contributed by atoms with Crippen molar-refractivity contribution in [2.24, 2.45) is 14.1 Å². The number of amides is 1.